The monoisotopic (exact) mass is 346 g/mol. The fourth-order valence-corrected chi connectivity index (χ4v) is 2.75. The van der Waals surface area contributed by atoms with Crippen LogP contribution >= 0.6 is 0 Å². The average molecular weight is 346 g/mol. The van der Waals surface area contributed by atoms with E-state index in [0.29, 0.717) is 34.6 Å². The number of oxazole rings is 1. The average Bonchev–Trinajstić information content (AvgIpc) is 3.09. The van der Waals surface area contributed by atoms with Gasteiger partial charge in [-0.25, -0.2) is 4.98 Å². The number of hydrogen-bond acceptors (Lipinski definition) is 5. The molecule has 1 aromatic heterocycles. The van der Waals surface area contributed by atoms with E-state index in [9.17, 15) is 5.26 Å². The molecule has 0 fully saturated rings. The van der Waals surface area contributed by atoms with Crippen molar-refractivity contribution in [1.29, 1.82) is 5.26 Å². The van der Waals surface area contributed by atoms with Crippen LogP contribution in [0.5, 0.6) is 11.5 Å². The molecule has 0 aliphatic heterocycles. The van der Waals surface area contributed by atoms with Crippen LogP contribution in [0, 0.1) is 11.3 Å². The quantitative estimate of drug-likeness (QED) is 0.480. The lowest BCUT2D eigenvalue weighted by atomic mass is 10.0. The van der Waals surface area contributed by atoms with Crippen molar-refractivity contribution in [2.24, 2.45) is 0 Å². The summed E-state index contributed by atoms with van der Waals surface area (Å²) in [6.45, 7) is 3.78. The summed E-state index contributed by atoms with van der Waals surface area (Å²) in [5, 5.41) is 9.58. The lowest BCUT2D eigenvalue weighted by Gasteiger charge is -2.13. The topological polar surface area (TPSA) is 68.3 Å². The van der Waals surface area contributed by atoms with Crippen LogP contribution in [0.4, 0.5) is 0 Å². The van der Waals surface area contributed by atoms with E-state index >= 15 is 0 Å². The number of allylic oxidation sites excluding steroid dienone is 2. The number of aromatic nitrogens is 1. The van der Waals surface area contributed by atoms with E-state index in [-0.39, 0.29) is 5.89 Å². The Hall–Kier alpha value is -3.52. The normalized spacial score (nSPS) is 11.2. The van der Waals surface area contributed by atoms with E-state index in [1.165, 1.54) is 0 Å². The molecule has 130 valence electrons. The molecular weight excluding hydrogens is 328 g/mol. The largest absolute Gasteiger partial charge is 0.493 e. The van der Waals surface area contributed by atoms with Gasteiger partial charge in [0.2, 0.25) is 5.89 Å². The molecule has 3 rings (SSSR count). The zero-order chi connectivity index (χ0) is 18.5. The fourth-order valence-electron chi connectivity index (χ4n) is 2.75. The molecule has 0 amide bonds. The summed E-state index contributed by atoms with van der Waals surface area (Å²) in [6, 6.07) is 13.3. The van der Waals surface area contributed by atoms with E-state index in [1.807, 2.05) is 36.4 Å². The molecule has 5 nitrogen and oxygen atoms in total. The summed E-state index contributed by atoms with van der Waals surface area (Å²) in [4.78, 5) is 4.39. The standard InChI is InChI=1S/C21H18N2O3/c1-4-7-15-10-14(12-19(24-2)20(15)25-3)11-16(13-22)21-23-17-8-5-6-9-18(17)26-21/h4-6,8-12H,1,7H2,2-3H3/b16-11+. The molecule has 0 saturated carbocycles. The second kappa shape index (κ2) is 7.58. The number of rotatable bonds is 6. The van der Waals surface area contributed by atoms with Gasteiger partial charge in [0.15, 0.2) is 17.1 Å². The molecule has 0 saturated heterocycles. The van der Waals surface area contributed by atoms with Crippen molar-refractivity contribution in [1.82, 2.24) is 4.98 Å². The summed E-state index contributed by atoms with van der Waals surface area (Å²) in [5.41, 5.74) is 3.39. The summed E-state index contributed by atoms with van der Waals surface area (Å²) < 4.78 is 16.6. The first-order valence-corrected chi connectivity index (χ1v) is 8.03. The van der Waals surface area contributed by atoms with Crippen molar-refractivity contribution in [3.8, 4) is 17.6 Å². The van der Waals surface area contributed by atoms with Gasteiger partial charge in [-0.2, -0.15) is 5.26 Å². The molecule has 0 bridgehead atoms. The van der Waals surface area contributed by atoms with Crippen molar-refractivity contribution < 1.29 is 13.9 Å². The van der Waals surface area contributed by atoms with Crippen LogP contribution in [0.15, 0.2) is 53.5 Å². The number of fused-ring (bicyclic) bond motifs is 1. The van der Waals surface area contributed by atoms with Crippen molar-refractivity contribution in [3.05, 3.63) is 66.1 Å². The van der Waals surface area contributed by atoms with Crippen LogP contribution in [-0.2, 0) is 6.42 Å². The highest BCUT2D eigenvalue weighted by molar-refractivity contribution is 5.89. The van der Waals surface area contributed by atoms with E-state index < -0.39 is 0 Å². The van der Waals surface area contributed by atoms with E-state index in [0.717, 1.165) is 11.1 Å². The molecule has 5 heteroatoms. The molecule has 0 radical (unpaired) electrons. The first kappa shape index (κ1) is 17.3. The minimum atomic E-state index is 0.286. The minimum Gasteiger partial charge on any atom is -0.493 e. The summed E-state index contributed by atoms with van der Waals surface area (Å²) in [7, 11) is 3.17. The number of benzene rings is 2. The van der Waals surface area contributed by atoms with E-state index in [1.54, 1.807) is 26.4 Å². The predicted octanol–water partition coefficient (Wildman–Crippen LogP) is 4.64. The van der Waals surface area contributed by atoms with Crippen LogP contribution in [0.25, 0.3) is 22.7 Å². The zero-order valence-corrected chi connectivity index (χ0v) is 14.7. The molecule has 1 heterocycles. The lowest BCUT2D eigenvalue weighted by molar-refractivity contribution is 0.352. The maximum absolute atomic E-state index is 9.58. The summed E-state index contributed by atoms with van der Waals surface area (Å²) >= 11 is 0. The molecule has 0 unspecified atom stereocenters. The smallest absolute Gasteiger partial charge is 0.238 e. The van der Waals surface area contributed by atoms with Gasteiger partial charge in [-0.3, -0.25) is 0 Å². The van der Waals surface area contributed by atoms with Crippen LogP contribution in [0.2, 0.25) is 0 Å². The number of nitriles is 1. The Balaban J connectivity index is 2.10. The first-order chi connectivity index (χ1) is 12.7. The van der Waals surface area contributed by atoms with Crippen molar-refractivity contribution in [2.75, 3.05) is 14.2 Å². The van der Waals surface area contributed by atoms with Crippen molar-refractivity contribution in [3.63, 3.8) is 0 Å². The SMILES string of the molecule is C=CCc1cc(/C=C(\C#N)c2nc3ccccc3o2)cc(OC)c1OC. The Kier molecular flexibility index (Phi) is 5.04. The van der Waals surface area contributed by atoms with Gasteiger partial charge >= 0.3 is 0 Å². The highest BCUT2D eigenvalue weighted by Gasteiger charge is 2.14. The maximum atomic E-state index is 9.58. The Morgan fingerprint density at radius 1 is 1.27 bits per heavy atom. The molecule has 0 aliphatic carbocycles. The molecule has 0 N–H and O–H groups in total. The van der Waals surface area contributed by atoms with Crippen LogP contribution in [-0.4, -0.2) is 19.2 Å². The zero-order valence-electron chi connectivity index (χ0n) is 14.7. The van der Waals surface area contributed by atoms with Crippen molar-refractivity contribution >= 4 is 22.7 Å². The van der Waals surface area contributed by atoms with Gasteiger partial charge in [0.1, 0.15) is 17.2 Å². The van der Waals surface area contributed by atoms with Crippen molar-refractivity contribution in [2.45, 2.75) is 6.42 Å². The third-order valence-corrected chi connectivity index (χ3v) is 3.90. The number of hydrogen-bond donors (Lipinski definition) is 0. The fraction of sp³-hybridized carbons (Fsp3) is 0.143. The van der Waals surface area contributed by atoms with Gasteiger partial charge in [-0.15, -0.1) is 6.58 Å². The second-order valence-corrected chi connectivity index (χ2v) is 5.56. The number of para-hydroxylation sites is 2. The Bertz CT molecular complexity index is 992. The first-order valence-electron chi connectivity index (χ1n) is 8.03. The highest BCUT2D eigenvalue weighted by Crippen LogP contribution is 2.34. The van der Waals surface area contributed by atoms with Gasteiger partial charge in [0, 0.05) is 5.56 Å². The minimum absolute atomic E-state index is 0.286. The Labute approximate surface area is 151 Å². The third kappa shape index (κ3) is 3.31. The number of nitrogens with zero attached hydrogens (tertiary/aromatic N) is 2. The van der Waals surface area contributed by atoms with Crippen LogP contribution in [0.3, 0.4) is 0 Å². The molecule has 0 spiro atoms. The molecule has 0 aliphatic rings. The predicted molar refractivity (Wildman–Crippen MR) is 101 cm³/mol. The third-order valence-electron chi connectivity index (χ3n) is 3.90. The van der Waals surface area contributed by atoms with Gasteiger partial charge < -0.3 is 13.9 Å². The van der Waals surface area contributed by atoms with Gasteiger partial charge in [-0.05, 0) is 42.3 Å². The lowest BCUT2D eigenvalue weighted by Crippen LogP contribution is -1.97. The van der Waals surface area contributed by atoms with Gasteiger partial charge in [0.05, 0.1) is 14.2 Å². The molecule has 3 aromatic rings. The maximum Gasteiger partial charge on any atom is 0.238 e. The highest BCUT2D eigenvalue weighted by atomic mass is 16.5. The summed E-state index contributed by atoms with van der Waals surface area (Å²) in [5.74, 6) is 1.53. The van der Waals surface area contributed by atoms with Gasteiger partial charge in [-0.1, -0.05) is 18.2 Å². The number of ether oxygens (including phenoxy) is 2. The van der Waals surface area contributed by atoms with Gasteiger partial charge in [0.25, 0.3) is 0 Å². The Morgan fingerprint density at radius 2 is 2.08 bits per heavy atom. The molecular formula is C21H18N2O3. The van der Waals surface area contributed by atoms with Crippen LogP contribution < -0.4 is 9.47 Å². The van der Waals surface area contributed by atoms with Crippen LogP contribution in [0.1, 0.15) is 17.0 Å². The molecule has 2 aromatic carbocycles. The number of methoxy groups -OCH3 is 2. The molecule has 26 heavy (non-hydrogen) atoms. The Morgan fingerprint density at radius 3 is 2.73 bits per heavy atom. The summed E-state index contributed by atoms with van der Waals surface area (Å²) in [6.07, 6.45) is 4.13. The van der Waals surface area contributed by atoms with E-state index in [4.69, 9.17) is 13.9 Å². The second-order valence-electron chi connectivity index (χ2n) is 5.56. The molecule has 0 atom stereocenters. The van der Waals surface area contributed by atoms with E-state index in [2.05, 4.69) is 17.6 Å².